The van der Waals surface area contributed by atoms with E-state index in [9.17, 15) is 0 Å². The lowest BCUT2D eigenvalue weighted by atomic mass is 10.0. The Morgan fingerprint density at radius 3 is 2.41 bits per heavy atom. The summed E-state index contributed by atoms with van der Waals surface area (Å²) in [6.45, 7) is 2.06. The molecule has 1 aromatic carbocycles. The summed E-state index contributed by atoms with van der Waals surface area (Å²) in [6, 6.07) is 3.84. The second-order valence-corrected chi connectivity index (χ2v) is 3.88. The van der Waals surface area contributed by atoms with Crippen LogP contribution in [0.5, 0.6) is 11.5 Å². The zero-order valence-corrected chi connectivity index (χ0v) is 10.6. The minimum atomic E-state index is 0.116. The van der Waals surface area contributed by atoms with Crippen LogP contribution in [0.2, 0.25) is 0 Å². The Bertz CT molecular complexity index is 421. The van der Waals surface area contributed by atoms with Gasteiger partial charge in [0.15, 0.2) is 0 Å². The zero-order valence-electron chi connectivity index (χ0n) is 10.6. The van der Waals surface area contributed by atoms with Crippen molar-refractivity contribution < 1.29 is 9.47 Å². The van der Waals surface area contributed by atoms with Gasteiger partial charge in [0.25, 0.3) is 0 Å². The van der Waals surface area contributed by atoms with Gasteiger partial charge < -0.3 is 15.2 Å². The quantitative estimate of drug-likeness (QED) is 0.791. The molecule has 0 bridgehead atoms. The maximum atomic E-state index is 5.95. The Kier molecular flexibility index (Phi) is 4.86. The van der Waals surface area contributed by atoms with Gasteiger partial charge in [0, 0.05) is 6.04 Å². The van der Waals surface area contributed by atoms with Crippen LogP contribution in [-0.4, -0.2) is 20.3 Å². The van der Waals surface area contributed by atoms with Crippen molar-refractivity contribution in [3.63, 3.8) is 0 Å². The molecule has 1 aromatic rings. The molecule has 0 saturated carbocycles. The van der Waals surface area contributed by atoms with Gasteiger partial charge in [-0.15, -0.1) is 6.42 Å². The van der Waals surface area contributed by atoms with E-state index < -0.39 is 0 Å². The molecule has 0 aromatic heterocycles. The van der Waals surface area contributed by atoms with Gasteiger partial charge in [-0.2, -0.15) is 0 Å². The highest BCUT2D eigenvalue weighted by Crippen LogP contribution is 2.29. The molecule has 17 heavy (non-hydrogen) atoms. The molecule has 0 aliphatic rings. The summed E-state index contributed by atoms with van der Waals surface area (Å²) in [7, 11) is 3.23. The molecule has 0 saturated heterocycles. The number of hydrogen-bond acceptors (Lipinski definition) is 3. The Labute approximate surface area is 103 Å². The van der Waals surface area contributed by atoms with Crippen molar-refractivity contribution >= 4 is 0 Å². The van der Waals surface area contributed by atoms with E-state index in [0.29, 0.717) is 11.3 Å². The van der Waals surface area contributed by atoms with Crippen LogP contribution < -0.4 is 15.2 Å². The van der Waals surface area contributed by atoms with E-state index in [2.05, 4.69) is 12.8 Å². The number of terminal acetylenes is 1. The molecule has 0 fully saturated rings. The number of nitrogens with two attached hydrogens (primary N) is 1. The molecular formula is C14H19NO2. The Hall–Kier alpha value is -1.66. The van der Waals surface area contributed by atoms with Crippen LogP contribution in [0.25, 0.3) is 0 Å². The Morgan fingerprint density at radius 1 is 1.29 bits per heavy atom. The molecule has 0 aliphatic carbocycles. The predicted molar refractivity (Wildman–Crippen MR) is 69.5 cm³/mol. The fourth-order valence-corrected chi connectivity index (χ4v) is 1.66. The highest BCUT2D eigenvalue weighted by Gasteiger charge is 2.12. The van der Waals surface area contributed by atoms with Crippen LogP contribution in [0.1, 0.15) is 24.5 Å². The molecule has 0 radical (unpaired) electrons. The third kappa shape index (κ3) is 3.15. The highest BCUT2D eigenvalue weighted by atomic mass is 16.5. The first-order valence-electron chi connectivity index (χ1n) is 5.63. The number of ether oxygens (including phenoxy) is 2. The average Bonchev–Trinajstić information content (AvgIpc) is 2.37. The second-order valence-electron chi connectivity index (χ2n) is 3.88. The number of rotatable bonds is 5. The molecular weight excluding hydrogens is 214 g/mol. The summed E-state index contributed by atoms with van der Waals surface area (Å²) in [5.74, 6) is 4.03. The molecule has 1 rings (SSSR count). The topological polar surface area (TPSA) is 44.5 Å². The maximum Gasteiger partial charge on any atom is 0.135 e. The van der Waals surface area contributed by atoms with Gasteiger partial charge in [0.1, 0.15) is 11.5 Å². The van der Waals surface area contributed by atoms with Gasteiger partial charge in [-0.1, -0.05) is 12.8 Å². The van der Waals surface area contributed by atoms with Crippen molar-refractivity contribution in [2.24, 2.45) is 5.73 Å². The van der Waals surface area contributed by atoms with E-state index in [1.165, 1.54) is 0 Å². The first kappa shape index (κ1) is 13.4. The number of methoxy groups -OCH3 is 2. The first-order valence-corrected chi connectivity index (χ1v) is 5.63. The van der Waals surface area contributed by atoms with Gasteiger partial charge in [-0.05, 0) is 30.5 Å². The SMILES string of the molecule is C#Cc1cc(OC)c(CC(N)CC)cc1OC. The van der Waals surface area contributed by atoms with E-state index in [-0.39, 0.29) is 6.04 Å². The molecule has 3 heteroatoms. The van der Waals surface area contributed by atoms with E-state index in [1.807, 2.05) is 12.1 Å². The minimum Gasteiger partial charge on any atom is -0.496 e. The molecule has 0 spiro atoms. The largest absolute Gasteiger partial charge is 0.496 e. The van der Waals surface area contributed by atoms with Crippen molar-refractivity contribution in [2.45, 2.75) is 25.8 Å². The van der Waals surface area contributed by atoms with Crippen LogP contribution in [0.15, 0.2) is 12.1 Å². The summed E-state index contributed by atoms with van der Waals surface area (Å²) in [5.41, 5.74) is 7.67. The van der Waals surface area contributed by atoms with Gasteiger partial charge >= 0.3 is 0 Å². The third-order valence-corrected chi connectivity index (χ3v) is 2.76. The standard InChI is InChI=1S/C14H19NO2/c1-5-10-8-14(17-4)11(7-12(15)6-2)9-13(10)16-3/h1,8-9,12H,6-7,15H2,2-4H3. The summed E-state index contributed by atoms with van der Waals surface area (Å²) in [5, 5.41) is 0. The first-order chi connectivity index (χ1) is 8.15. The number of hydrogen-bond donors (Lipinski definition) is 1. The fraction of sp³-hybridized carbons (Fsp3) is 0.429. The second kappa shape index (κ2) is 6.17. The monoisotopic (exact) mass is 233 g/mol. The van der Waals surface area contributed by atoms with Crippen LogP contribution in [0.4, 0.5) is 0 Å². The molecule has 0 aliphatic heterocycles. The molecule has 92 valence electrons. The molecule has 3 nitrogen and oxygen atoms in total. The van der Waals surface area contributed by atoms with E-state index >= 15 is 0 Å². The van der Waals surface area contributed by atoms with Crippen molar-refractivity contribution in [3.05, 3.63) is 23.3 Å². The van der Waals surface area contributed by atoms with Crippen molar-refractivity contribution in [1.82, 2.24) is 0 Å². The predicted octanol–water partition coefficient (Wildman–Crippen LogP) is 1.96. The Balaban J connectivity index is 3.15. The summed E-state index contributed by atoms with van der Waals surface area (Å²) < 4.78 is 10.6. The van der Waals surface area contributed by atoms with Gasteiger partial charge in [0.2, 0.25) is 0 Å². The molecule has 0 amide bonds. The van der Waals surface area contributed by atoms with Crippen LogP contribution in [0.3, 0.4) is 0 Å². The molecule has 2 N–H and O–H groups in total. The lowest BCUT2D eigenvalue weighted by molar-refractivity contribution is 0.396. The van der Waals surface area contributed by atoms with Gasteiger partial charge in [0.05, 0.1) is 19.8 Å². The summed E-state index contributed by atoms with van der Waals surface area (Å²) >= 11 is 0. The average molecular weight is 233 g/mol. The molecule has 1 atom stereocenters. The lowest BCUT2D eigenvalue weighted by Crippen LogP contribution is -2.21. The highest BCUT2D eigenvalue weighted by molar-refractivity contribution is 5.53. The van der Waals surface area contributed by atoms with E-state index in [4.69, 9.17) is 21.6 Å². The lowest BCUT2D eigenvalue weighted by Gasteiger charge is -2.15. The molecule has 1 unspecified atom stereocenters. The normalized spacial score (nSPS) is 11.7. The van der Waals surface area contributed by atoms with Crippen molar-refractivity contribution in [3.8, 4) is 23.8 Å². The summed E-state index contributed by atoms with van der Waals surface area (Å²) in [6.07, 6.45) is 7.09. The van der Waals surface area contributed by atoms with Crippen LogP contribution in [-0.2, 0) is 6.42 Å². The van der Waals surface area contributed by atoms with Crippen molar-refractivity contribution in [1.29, 1.82) is 0 Å². The third-order valence-electron chi connectivity index (χ3n) is 2.76. The van der Waals surface area contributed by atoms with Gasteiger partial charge in [-0.3, -0.25) is 0 Å². The van der Waals surface area contributed by atoms with Crippen LogP contribution in [0, 0.1) is 12.3 Å². The number of benzene rings is 1. The van der Waals surface area contributed by atoms with Crippen LogP contribution >= 0.6 is 0 Å². The Morgan fingerprint density at radius 2 is 1.94 bits per heavy atom. The maximum absolute atomic E-state index is 5.95. The van der Waals surface area contributed by atoms with E-state index in [1.54, 1.807) is 14.2 Å². The van der Waals surface area contributed by atoms with E-state index in [0.717, 1.165) is 24.2 Å². The fourth-order valence-electron chi connectivity index (χ4n) is 1.66. The molecule has 0 heterocycles. The minimum absolute atomic E-state index is 0.116. The zero-order chi connectivity index (χ0) is 12.8. The smallest absolute Gasteiger partial charge is 0.135 e. The van der Waals surface area contributed by atoms with Gasteiger partial charge in [-0.25, -0.2) is 0 Å². The van der Waals surface area contributed by atoms with Crippen molar-refractivity contribution in [2.75, 3.05) is 14.2 Å². The summed E-state index contributed by atoms with van der Waals surface area (Å²) in [4.78, 5) is 0.